The maximum absolute atomic E-state index is 13.3. The van der Waals surface area contributed by atoms with Crippen LogP contribution in [0.1, 0.15) is 12.0 Å². The van der Waals surface area contributed by atoms with Crippen molar-refractivity contribution in [2.24, 2.45) is 5.92 Å². The maximum atomic E-state index is 13.3. The van der Waals surface area contributed by atoms with Crippen LogP contribution < -0.4 is 9.80 Å². The molecule has 4 aromatic rings. The molecular formula is C28H28N4O3S. The van der Waals surface area contributed by atoms with E-state index in [1.54, 1.807) is 7.05 Å². The van der Waals surface area contributed by atoms with E-state index >= 15 is 0 Å². The Hall–Kier alpha value is -4.04. The summed E-state index contributed by atoms with van der Waals surface area (Å²) in [7, 11) is 5.55. The number of carbonyl (C=O) groups is 2. The minimum atomic E-state index is -1.000. The van der Waals surface area contributed by atoms with E-state index in [0.29, 0.717) is 11.6 Å². The molecule has 0 aliphatic carbocycles. The Balaban J connectivity index is 1.59. The third kappa shape index (κ3) is 5.78. The van der Waals surface area contributed by atoms with Crippen molar-refractivity contribution in [3.63, 3.8) is 0 Å². The van der Waals surface area contributed by atoms with Crippen LogP contribution in [-0.4, -0.2) is 48.1 Å². The number of pyridine rings is 1. The highest BCUT2D eigenvalue weighted by Crippen LogP contribution is 2.35. The first-order valence-corrected chi connectivity index (χ1v) is 12.4. The Kier molecular flexibility index (Phi) is 7.75. The molecule has 0 bridgehead atoms. The number of carboxylic acid groups (broad SMARTS) is 1. The summed E-state index contributed by atoms with van der Waals surface area (Å²) in [6.07, 6.45) is 1.96. The molecule has 0 aliphatic rings. The van der Waals surface area contributed by atoms with Gasteiger partial charge in [-0.3, -0.25) is 14.5 Å². The van der Waals surface area contributed by atoms with Crippen LogP contribution in [0, 0.1) is 5.92 Å². The van der Waals surface area contributed by atoms with Crippen molar-refractivity contribution >= 4 is 34.2 Å². The van der Waals surface area contributed by atoms with Crippen LogP contribution in [0.4, 0.5) is 10.9 Å². The highest BCUT2D eigenvalue weighted by Gasteiger charge is 2.27. The summed E-state index contributed by atoms with van der Waals surface area (Å²) >= 11 is 1.36. The molecule has 0 saturated carbocycles. The van der Waals surface area contributed by atoms with Gasteiger partial charge >= 0.3 is 5.97 Å². The normalized spacial score (nSPS) is 11.6. The Morgan fingerprint density at radius 2 is 1.64 bits per heavy atom. The molecule has 36 heavy (non-hydrogen) atoms. The van der Waals surface area contributed by atoms with Gasteiger partial charge in [-0.15, -0.1) is 11.3 Å². The SMILES string of the molecule is CN(C)c1ccc(-c2ccccc2-c2csc(N(C)C(=O)[C@@H](CC(=O)O)Cc3ccccc3)n2)cn1. The average molecular weight is 501 g/mol. The molecule has 184 valence electrons. The average Bonchev–Trinajstić information content (AvgIpc) is 3.38. The number of carbonyl (C=O) groups excluding carboxylic acids is 1. The quantitative estimate of drug-likeness (QED) is 0.338. The van der Waals surface area contributed by atoms with Gasteiger partial charge in [-0.1, -0.05) is 54.6 Å². The molecule has 0 fully saturated rings. The molecule has 0 spiro atoms. The molecule has 2 aromatic carbocycles. The summed E-state index contributed by atoms with van der Waals surface area (Å²) in [4.78, 5) is 37.5. The van der Waals surface area contributed by atoms with Gasteiger partial charge in [-0.05, 0) is 29.7 Å². The molecule has 0 saturated heterocycles. The number of amides is 1. The van der Waals surface area contributed by atoms with Crippen LogP contribution in [0.15, 0.2) is 78.3 Å². The lowest BCUT2D eigenvalue weighted by Crippen LogP contribution is -2.35. The van der Waals surface area contributed by atoms with Crippen molar-refractivity contribution in [1.82, 2.24) is 9.97 Å². The number of anilines is 2. The van der Waals surface area contributed by atoms with E-state index in [0.717, 1.165) is 33.8 Å². The molecule has 8 heteroatoms. The van der Waals surface area contributed by atoms with E-state index in [-0.39, 0.29) is 12.3 Å². The molecule has 2 heterocycles. The maximum Gasteiger partial charge on any atom is 0.304 e. The standard InChI is InChI=1S/C28H28N4O3S/c1-31(2)25-14-13-20(17-29-25)22-11-7-8-12-23(22)24-18-36-28(30-24)32(3)27(35)21(16-26(33)34)15-19-9-5-4-6-10-19/h4-14,17-18,21H,15-16H2,1-3H3,(H,33,34)/t21-/m1/s1. The highest BCUT2D eigenvalue weighted by molar-refractivity contribution is 7.14. The van der Waals surface area contributed by atoms with Gasteiger partial charge < -0.3 is 10.0 Å². The van der Waals surface area contributed by atoms with Crippen molar-refractivity contribution in [3.8, 4) is 22.4 Å². The van der Waals surface area contributed by atoms with Crippen LogP contribution >= 0.6 is 11.3 Å². The van der Waals surface area contributed by atoms with Gasteiger partial charge in [-0.25, -0.2) is 9.97 Å². The van der Waals surface area contributed by atoms with Crippen LogP contribution in [0.25, 0.3) is 22.4 Å². The van der Waals surface area contributed by atoms with E-state index in [9.17, 15) is 14.7 Å². The fourth-order valence-corrected chi connectivity index (χ4v) is 4.83. The molecule has 4 rings (SSSR count). The molecule has 7 nitrogen and oxygen atoms in total. The zero-order valence-electron chi connectivity index (χ0n) is 20.5. The second-order valence-corrected chi connectivity index (χ2v) is 9.58. The van der Waals surface area contributed by atoms with Gasteiger partial charge in [0.25, 0.3) is 0 Å². The Morgan fingerprint density at radius 1 is 0.944 bits per heavy atom. The smallest absolute Gasteiger partial charge is 0.304 e. The second-order valence-electron chi connectivity index (χ2n) is 8.74. The Labute approximate surface area is 214 Å². The minimum absolute atomic E-state index is 0.241. The van der Waals surface area contributed by atoms with E-state index < -0.39 is 11.9 Å². The van der Waals surface area contributed by atoms with Crippen molar-refractivity contribution in [1.29, 1.82) is 0 Å². The Morgan fingerprint density at radius 3 is 2.28 bits per heavy atom. The van der Waals surface area contributed by atoms with Crippen LogP contribution in [0.5, 0.6) is 0 Å². The summed E-state index contributed by atoms with van der Waals surface area (Å²) in [5, 5.41) is 11.9. The fraction of sp³-hybridized carbons (Fsp3) is 0.214. The van der Waals surface area contributed by atoms with Crippen molar-refractivity contribution in [3.05, 3.63) is 83.9 Å². The van der Waals surface area contributed by atoms with Gasteiger partial charge in [0.15, 0.2) is 5.13 Å². The number of carboxylic acids is 1. The highest BCUT2D eigenvalue weighted by atomic mass is 32.1. The molecule has 1 N–H and O–H groups in total. The third-order valence-corrected chi connectivity index (χ3v) is 6.84. The molecule has 1 atom stereocenters. The largest absolute Gasteiger partial charge is 0.481 e. The number of hydrogen-bond donors (Lipinski definition) is 1. The molecule has 1 amide bonds. The van der Waals surface area contributed by atoms with Gasteiger partial charge in [-0.2, -0.15) is 0 Å². The first-order valence-electron chi connectivity index (χ1n) is 11.6. The number of aliphatic carboxylic acids is 1. The lowest BCUT2D eigenvalue weighted by molar-refractivity contribution is -0.140. The lowest BCUT2D eigenvalue weighted by atomic mass is 9.95. The summed E-state index contributed by atoms with van der Waals surface area (Å²) in [5.41, 5.74) is 4.58. The van der Waals surface area contributed by atoms with E-state index in [2.05, 4.69) is 4.98 Å². The second kappa shape index (κ2) is 11.1. The van der Waals surface area contributed by atoms with Crippen LogP contribution in [-0.2, 0) is 16.0 Å². The number of benzene rings is 2. The summed E-state index contributed by atoms with van der Waals surface area (Å²) in [6.45, 7) is 0. The number of rotatable bonds is 9. The number of aromatic nitrogens is 2. The summed E-state index contributed by atoms with van der Waals surface area (Å²) in [6, 6.07) is 21.4. The summed E-state index contributed by atoms with van der Waals surface area (Å²) in [5.74, 6) is -1.08. The third-order valence-electron chi connectivity index (χ3n) is 5.92. The molecular weight excluding hydrogens is 472 g/mol. The predicted octanol–water partition coefficient (Wildman–Crippen LogP) is 5.23. The van der Waals surface area contributed by atoms with Crippen molar-refractivity contribution in [2.45, 2.75) is 12.8 Å². The molecule has 2 aromatic heterocycles. The van der Waals surface area contributed by atoms with Gasteiger partial charge in [0.05, 0.1) is 18.0 Å². The van der Waals surface area contributed by atoms with E-state index in [4.69, 9.17) is 4.98 Å². The first kappa shape index (κ1) is 25.1. The number of thiazole rings is 1. The number of hydrogen-bond acceptors (Lipinski definition) is 6. The van der Waals surface area contributed by atoms with E-state index in [1.807, 2.05) is 97.3 Å². The van der Waals surface area contributed by atoms with Gasteiger partial charge in [0, 0.05) is 43.8 Å². The van der Waals surface area contributed by atoms with Gasteiger partial charge in [0.1, 0.15) is 5.82 Å². The topological polar surface area (TPSA) is 86.6 Å². The first-order chi connectivity index (χ1) is 17.3. The summed E-state index contributed by atoms with van der Waals surface area (Å²) < 4.78 is 0. The Bertz CT molecular complexity index is 1340. The zero-order valence-corrected chi connectivity index (χ0v) is 21.3. The lowest BCUT2D eigenvalue weighted by Gasteiger charge is -2.21. The minimum Gasteiger partial charge on any atom is -0.481 e. The monoisotopic (exact) mass is 500 g/mol. The molecule has 0 unspecified atom stereocenters. The molecule has 0 radical (unpaired) electrons. The predicted molar refractivity (Wildman–Crippen MR) is 144 cm³/mol. The van der Waals surface area contributed by atoms with Crippen LogP contribution in [0.3, 0.4) is 0 Å². The van der Waals surface area contributed by atoms with Crippen molar-refractivity contribution in [2.75, 3.05) is 30.9 Å². The molecule has 0 aliphatic heterocycles. The van der Waals surface area contributed by atoms with Gasteiger partial charge in [0.2, 0.25) is 5.91 Å². The number of nitrogens with zero attached hydrogens (tertiary/aromatic N) is 4. The van der Waals surface area contributed by atoms with Crippen molar-refractivity contribution < 1.29 is 14.7 Å². The van der Waals surface area contributed by atoms with Crippen LogP contribution in [0.2, 0.25) is 0 Å². The fourth-order valence-electron chi connectivity index (χ4n) is 4.03. The zero-order chi connectivity index (χ0) is 25.7. The van der Waals surface area contributed by atoms with E-state index in [1.165, 1.54) is 16.2 Å².